The molecule has 1 aliphatic heterocycles. The molecule has 2 aromatic rings. The van der Waals surface area contributed by atoms with Gasteiger partial charge in [0.25, 0.3) is 5.91 Å². The normalized spacial score (nSPS) is 13.2. The minimum absolute atomic E-state index is 0.00960. The molecule has 29 heavy (non-hydrogen) atoms. The molecular formula is C22H26N4O3. The molecule has 7 heteroatoms. The molecule has 1 heterocycles. The molecule has 0 saturated carbocycles. The maximum absolute atomic E-state index is 12.4. The van der Waals surface area contributed by atoms with Crippen LogP contribution >= 0.6 is 0 Å². The number of carboxylic acids is 1. The summed E-state index contributed by atoms with van der Waals surface area (Å²) < 4.78 is 0. The number of hydrogen-bond donors (Lipinski definition) is 1. The largest absolute Gasteiger partial charge is 0.481 e. The molecule has 2 aromatic carbocycles. The van der Waals surface area contributed by atoms with E-state index in [1.165, 1.54) is 0 Å². The van der Waals surface area contributed by atoms with Crippen LogP contribution in [0.15, 0.2) is 53.6 Å². The van der Waals surface area contributed by atoms with Crippen molar-refractivity contribution >= 4 is 17.6 Å². The molecule has 1 N–H and O–H groups in total. The third-order valence-electron chi connectivity index (χ3n) is 4.77. The number of carbonyl (C=O) groups excluding carboxylic acids is 1. The number of amides is 1. The van der Waals surface area contributed by atoms with E-state index in [1.807, 2.05) is 24.3 Å². The van der Waals surface area contributed by atoms with Crippen molar-refractivity contribution in [1.82, 2.24) is 0 Å². The summed E-state index contributed by atoms with van der Waals surface area (Å²) >= 11 is 0. The standard InChI is InChI=1S/C17H15NO3.C5H11N3/c1-11(17(20)21)12-6-8-14(9-7-12)18-10-13-4-2-3-5-15(13)16(18)19;1-5(2)3-4-7-8-6/h2-9,11H,10H2,1H3,(H,20,21);5H,3-4H2,1-2H3. The fraction of sp³-hybridized carbons (Fsp3) is 0.364. The maximum atomic E-state index is 12.4. The van der Waals surface area contributed by atoms with E-state index in [0.717, 1.165) is 28.8 Å². The highest BCUT2D eigenvalue weighted by molar-refractivity contribution is 6.09. The molecule has 0 spiro atoms. The lowest BCUT2D eigenvalue weighted by Crippen LogP contribution is -2.23. The SMILES string of the molecule is CC(C(=O)O)c1ccc(N2Cc3ccccc3C2=O)cc1.CC(C)CCN=[N+]=[N-]. The van der Waals surface area contributed by atoms with E-state index in [2.05, 4.69) is 23.9 Å². The van der Waals surface area contributed by atoms with Crippen molar-refractivity contribution in [1.29, 1.82) is 0 Å². The number of azide groups is 1. The predicted octanol–water partition coefficient (Wildman–Crippen LogP) is 5.38. The van der Waals surface area contributed by atoms with Gasteiger partial charge in [-0.2, -0.15) is 0 Å². The number of hydrogen-bond acceptors (Lipinski definition) is 3. The first-order valence-corrected chi connectivity index (χ1v) is 9.58. The van der Waals surface area contributed by atoms with Crippen molar-refractivity contribution in [2.45, 2.75) is 39.7 Å². The second kappa shape index (κ2) is 10.3. The Kier molecular flexibility index (Phi) is 7.80. The number of anilines is 1. The van der Waals surface area contributed by atoms with Crippen LogP contribution in [0.5, 0.6) is 0 Å². The zero-order valence-corrected chi connectivity index (χ0v) is 16.9. The lowest BCUT2D eigenvalue weighted by Gasteiger charge is -2.16. The average molecular weight is 394 g/mol. The summed E-state index contributed by atoms with van der Waals surface area (Å²) in [6.45, 7) is 7.05. The molecule has 1 atom stereocenters. The lowest BCUT2D eigenvalue weighted by atomic mass is 10.0. The van der Waals surface area contributed by atoms with Gasteiger partial charge in [-0.15, -0.1) is 0 Å². The molecule has 0 aromatic heterocycles. The van der Waals surface area contributed by atoms with Gasteiger partial charge >= 0.3 is 5.97 Å². The number of benzene rings is 2. The number of nitrogens with zero attached hydrogens (tertiary/aromatic N) is 4. The van der Waals surface area contributed by atoms with Crippen LogP contribution in [0, 0.1) is 5.92 Å². The van der Waals surface area contributed by atoms with Gasteiger partial charge in [0.1, 0.15) is 0 Å². The zero-order chi connectivity index (χ0) is 21.4. The number of aliphatic carboxylic acids is 1. The molecule has 0 saturated heterocycles. The summed E-state index contributed by atoms with van der Waals surface area (Å²) in [7, 11) is 0. The van der Waals surface area contributed by atoms with E-state index < -0.39 is 11.9 Å². The smallest absolute Gasteiger partial charge is 0.310 e. The third kappa shape index (κ3) is 5.83. The first kappa shape index (κ1) is 22.0. The molecule has 0 aliphatic carbocycles. The Hall–Kier alpha value is -3.31. The minimum atomic E-state index is -0.854. The highest BCUT2D eigenvalue weighted by Gasteiger charge is 2.28. The second-order valence-corrected chi connectivity index (χ2v) is 7.34. The van der Waals surface area contributed by atoms with Gasteiger partial charge in [0.05, 0.1) is 12.5 Å². The molecule has 0 bridgehead atoms. The fourth-order valence-electron chi connectivity index (χ4n) is 2.91. The average Bonchev–Trinajstić information content (AvgIpc) is 3.05. The van der Waals surface area contributed by atoms with E-state index in [9.17, 15) is 9.59 Å². The van der Waals surface area contributed by atoms with Gasteiger partial charge in [-0.1, -0.05) is 49.3 Å². The molecule has 3 rings (SSSR count). The van der Waals surface area contributed by atoms with Crippen LogP contribution in [0.1, 0.15) is 54.6 Å². The Balaban J connectivity index is 0.000000321. The predicted molar refractivity (Wildman–Crippen MR) is 113 cm³/mol. The quantitative estimate of drug-likeness (QED) is 0.404. The van der Waals surface area contributed by atoms with Crippen LogP contribution < -0.4 is 4.90 Å². The maximum Gasteiger partial charge on any atom is 0.310 e. The molecule has 152 valence electrons. The first-order chi connectivity index (χ1) is 13.8. The number of carbonyl (C=O) groups is 2. The van der Waals surface area contributed by atoms with Gasteiger partial charge in [0.2, 0.25) is 0 Å². The molecule has 7 nitrogen and oxygen atoms in total. The van der Waals surface area contributed by atoms with Gasteiger partial charge in [0.15, 0.2) is 0 Å². The molecular weight excluding hydrogens is 368 g/mol. The Morgan fingerprint density at radius 3 is 2.38 bits per heavy atom. The van der Waals surface area contributed by atoms with Gasteiger partial charge in [-0.05, 0) is 54.1 Å². The number of carboxylic acid groups (broad SMARTS) is 1. The summed E-state index contributed by atoms with van der Waals surface area (Å²) in [5.41, 5.74) is 11.1. The van der Waals surface area contributed by atoms with Crippen molar-refractivity contribution < 1.29 is 14.7 Å². The Morgan fingerprint density at radius 2 is 1.83 bits per heavy atom. The van der Waals surface area contributed by atoms with Crippen LogP contribution in [0.4, 0.5) is 5.69 Å². The van der Waals surface area contributed by atoms with Gasteiger partial charge in [-0.3, -0.25) is 9.59 Å². The highest BCUT2D eigenvalue weighted by Crippen LogP contribution is 2.29. The Morgan fingerprint density at radius 1 is 1.17 bits per heavy atom. The first-order valence-electron chi connectivity index (χ1n) is 9.58. The highest BCUT2D eigenvalue weighted by atomic mass is 16.4. The van der Waals surface area contributed by atoms with E-state index in [-0.39, 0.29) is 5.91 Å². The summed E-state index contributed by atoms with van der Waals surface area (Å²) in [6, 6.07) is 14.7. The van der Waals surface area contributed by atoms with E-state index >= 15 is 0 Å². The van der Waals surface area contributed by atoms with Crippen LogP contribution in [-0.2, 0) is 11.3 Å². The molecule has 1 amide bonds. The van der Waals surface area contributed by atoms with Crippen molar-refractivity contribution in [3.05, 3.63) is 75.7 Å². The lowest BCUT2D eigenvalue weighted by molar-refractivity contribution is -0.138. The Bertz CT molecular complexity index is 903. The van der Waals surface area contributed by atoms with Gasteiger partial charge in [0, 0.05) is 22.7 Å². The third-order valence-corrected chi connectivity index (χ3v) is 4.77. The zero-order valence-electron chi connectivity index (χ0n) is 16.9. The van der Waals surface area contributed by atoms with Gasteiger partial charge < -0.3 is 10.0 Å². The van der Waals surface area contributed by atoms with Crippen molar-refractivity contribution in [3.63, 3.8) is 0 Å². The number of rotatable bonds is 6. The summed E-state index contributed by atoms with van der Waals surface area (Å²) in [5, 5.41) is 12.4. The van der Waals surface area contributed by atoms with Crippen molar-refractivity contribution in [2.24, 2.45) is 11.0 Å². The van der Waals surface area contributed by atoms with Crippen LogP contribution in [0.25, 0.3) is 10.4 Å². The van der Waals surface area contributed by atoms with Crippen molar-refractivity contribution in [3.8, 4) is 0 Å². The van der Waals surface area contributed by atoms with Gasteiger partial charge in [-0.25, -0.2) is 0 Å². The van der Waals surface area contributed by atoms with Crippen LogP contribution in [0.2, 0.25) is 0 Å². The van der Waals surface area contributed by atoms with E-state index in [4.69, 9.17) is 10.6 Å². The van der Waals surface area contributed by atoms with E-state index in [1.54, 1.807) is 36.1 Å². The van der Waals surface area contributed by atoms with Crippen molar-refractivity contribution in [2.75, 3.05) is 11.4 Å². The minimum Gasteiger partial charge on any atom is -0.481 e. The topological polar surface area (TPSA) is 106 Å². The van der Waals surface area contributed by atoms with Crippen LogP contribution in [-0.4, -0.2) is 23.5 Å². The summed E-state index contributed by atoms with van der Waals surface area (Å²) in [6.07, 6.45) is 0.990. The number of fused-ring (bicyclic) bond motifs is 1. The fourth-order valence-corrected chi connectivity index (χ4v) is 2.91. The molecule has 1 aliphatic rings. The summed E-state index contributed by atoms with van der Waals surface area (Å²) in [4.78, 5) is 27.7. The van der Waals surface area contributed by atoms with Crippen LogP contribution in [0.3, 0.4) is 0 Å². The second-order valence-electron chi connectivity index (χ2n) is 7.34. The monoisotopic (exact) mass is 394 g/mol. The molecule has 1 unspecified atom stereocenters. The Labute approximate surface area is 170 Å². The molecule has 0 radical (unpaired) electrons. The molecule has 0 fully saturated rings. The van der Waals surface area contributed by atoms with E-state index in [0.29, 0.717) is 19.0 Å². The summed E-state index contributed by atoms with van der Waals surface area (Å²) in [5.74, 6) is -0.775.